The maximum Gasteiger partial charge on any atom is 0.348 e. The van der Waals surface area contributed by atoms with Gasteiger partial charge in [0, 0.05) is 12.5 Å². The molecule has 1 unspecified atom stereocenters. The molecule has 178 valence electrons. The van der Waals surface area contributed by atoms with Gasteiger partial charge in [0.25, 0.3) is 0 Å². The van der Waals surface area contributed by atoms with Crippen molar-refractivity contribution in [1.29, 1.82) is 0 Å². The van der Waals surface area contributed by atoms with Crippen LogP contribution in [0.5, 0.6) is 11.5 Å². The topological polar surface area (TPSA) is 96.9 Å². The van der Waals surface area contributed by atoms with E-state index < -0.39 is 29.2 Å². The molecule has 3 aromatic rings. The van der Waals surface area contributed by atoms with E-state index >= 15 is 0 Å². The van der Waals surface area contributed by atoms with Crippen LogP contribution in [0, 0.1) is 11.6 Å². The van der Waals surface area contributed by atoms with Gasteiger partial charge in [-0.25, -0.2) is 18.4 Å². The van der Waals surface area contributed by atoms with Crippen molar-refractivity contribution in [2.45, 2.75) is 18.9 Å². The number of hydrogen-bond acceptors (Lipinski definition) is 4. The molecule has 7 nitrogen and oxygen atoms in total. The average Bonchev–Trinajstić information content (AvgIpc) is 2.80. The van der Waals surface area contributed by atoms with Gasteiger partial charge in [0.2, 0.25) is 5.60 Å². The summed E-state index contributed by atoms with van der Waals surface area (Å²) in [6.45, 7) is 1.79. The Labute approximate surface area is 195 Å². The number of carbonyl (C=O) groups is 2. The molecule has 0 fully saturated rings. The lowest BCUT2D eigenvalue weighted by molar-refractivity contribution is -0.153. The average molecular weight is 470 g/mol. The molecule has 3 rings (SSSR count). The van der Waals surface area contributed by atoms with Crippen LogP contribution in [0.2, 0.25) is 0 Å². The first-order chi connectivity index (χ1) is 16.2. The van der Waals surface area contributed by atoms with Gasteiger partial charge in [-0.15, -0.1) is 0 Å². The Balaban J connectivity index is 1.46. The second kappa shape index (κ2) is 11.1. The number of rotatable bonds is 10. The number of nitrogens with one attached hydrogen (secondary N) is 2. The lowest BCUT2D eigenvalue weighted by Gasteiger charge is -2.26. The highest BCUT2D eigenvalue weighted by Gasteiger charge is 2.36. The summed E-state index contributed by atoms with van der Waals surface area (Å²) >= 11 is 0. The van der Waals surface area contributed by atoms with E-state index in [9.17, 15) is 23.5 Å². The fourth-order valence-electron chi connectivity index (χ4n) is 3.09. The molecule has 0 saturated heterocycles. The van der Waals surface area contributed by atoms with Gasteiger partial charge < -0.3 is 25.2 Å². The molecule has 1 atom stereocenters. The van der Waals surface area contributed by atoms with Crippen LogP contribution in [-0.4, -0.2) is 35.9 Å². The molecule has 9 heteroatoms. The normalized spacial score (nSPS) is 12.3. The lowest BCUT2D eigenvalue weighted by Crippen LogP contribution is -2.43. The van der Waals surface area contributed by atoms with Gasteiger partial charge in [-0.2, -0.15) is 0 Å². The summed E-state index contributed by atoms with van der Waals surface area (Å²) in [4.78, 5) is 23.7. The monoisotopic (exact) mass is 470 g/mol. The van der Waals surface area contributed by atoms with Crippen LogP contribution < -0.4 is 20.1 Å². The second-order valence-corrected chi connectivity index (χ2v) is 7.63. The van der Waals surface area contributed by atoms with E-state index in [1.807, 2.05) is 6.07 Å². The van der Waals surface area contributed by atoms with Gasteiger partial charge in [0.15, 0.2) is 0 Å². The van der Waals surface area contributed by atoms with Crippen molar-refractivity contribution in [1.82, 2.24) is 5.32 Å². The van der Waals surface area contributed by atoms with E-state index in [-0.39, 0.29) is 25.3 Å². The molecule has 0 aromatic heterocycles. The number of halogens is 2. The molecule has 0 aliphatic rings. The van der Waals surface area contributed by atoms with E-state index in [2.05, 4.69) is 10.6 Å². The van der Waals surface area contributed by atoms with Crippen molar-refractivity contribution in [2.24, 2.45) is 0 Å². The fraction of sp³-hybridized carbons (Fsp3) is 0.200. The number of hydrogen-bond donors (Lipinski definition) is 3. The molecule has 0 aliphatic carbocycles. The Morgan fingerprint density at radius 1 is 0.971 bits per heavy atom. The van der Waals surface area contributed by atoms with Crippen molar-refractivity contribution in [3.63, 3.8) is 0 Å². The second-order valence-electron chi connectivity index (χ2n) is 7.63. The predicted molar refractivity (Wildman–Crippen MR) is 122 cm³/mol. The third kappa shape index (κ3) is 6.93. The summed E-state index contributed by atoms with van der Waals surface area (Å²) in [5.74, 6) is -1.71. The Kier molecular flexibility index (Phi) is 8.02. The molecule has 0 radical (unpaired) electrons. The van der Waals surface area contributed by atoms with Crippen LogP contribution in [0.4, 0.5) is 19.3 Å². The van der Waals surface area contributed by atoms with Crippen molar-refractivity contribution in [3.8, 4) is 11.5 Å². The highest BCUT2D eigenvalue weighted by Crippen LogP contribution is 2.24. The predicted octanol–water partition coefficient (Wildman–Crippen LogP) is 4.63. The van der Waals surface area contributed by atoms with Crippen molar-refractivity contribution >= 4 is 17.7 Å². The molecular weight excluding hydrogens is 446 g/mol. The van der Waals surface area contributed by atoms with Crippen molar-refractivity contribution in [2.75, 3.05) is 18.5 Å². The summed E-state index contributed by atoms with van der Waals surface area (Å²) in [7, 11) is 0. The molecule has 3 aromatic carbocycles. The van der Waals surface area contributed by atoms with Crippen LogP contribution in [0.3, 0.4) is 0 Å². The minimum absolute atomic E-state index is 0.137. The number of carboxylic acid groups (broad SMARTS) is 1. The van der Waals surface area contributed by atoms with Gasteiger partial charge in [-0.05, 0) is 48.9 Å². The molecule has 0 heterocycles. The zero-order valence-corrected chi connectivity index (χ0v) is 18.4. The first-order valence-corrected chi connectivity index (χ1v) is 10.4. The minimum atomic E-state index is -1.45. The number of ether oxygens (including phenoxy) is 2. The van der Waals surface area contributed by atoms with Gasteiger partial charge in [-0.1, -0.05) is 30.3 Å². The summed E-state index contributed by atoms with van der Waals surface area (Å²) in [6.07, 6.45) is 0.138. The van der Waals surface area contributed by atoms with Crippen LogP contribution in [0.25, 0.3) is 0 Å². The maximum absolute atomic E-state index is 13.6. The van der Waals surface area contributed by atoms with Gasteiger partial charge >= 0.3 is 12.0 Å². The molecule has 2 amide bonds. The highest BCUT2D eigenvalue weighted by molar-refractivity contribution is 5.89. The summed E-state index contributed by atoms with van der Waals surface area (Å²) < 4.78 is 37.8. The van der Waals surface area contributed by atoms with E-state index in [1.54, 1.807) is 48.5 Å². The van der Waals surface area contributed by atoms with Crippen LogP contribution in [0.15, 0.2) is 72.8 Å². The number of aliphatic carboxylic acids is 1. The Morgan fingerprint density at radius 2 is 1.68 bits per heavy atom. The molecule has 3 N–H and O–H groups in total. The number of carboxylic acids is 1. The molecule has 0 aliphatic heterocycles. The number of anilines is 1. The molecule has 34 heavy (non-hydrogen) atoms. The van der Waals surface area contributed by atoms with Gasteiger partial charge in [-0.3, -0.25) is 0 Å². The zero-order valence-electron chi connectivity index (χ0n) is 18.4. The smallest absolute Gasteiger partial charge is 0.348 e. The highest BCUT2D eigenvalue weighted by atomic mass is 19.1. The summed E-state index contributed by atoms with van der Waals surface area (Å²) in [5.41, 5.74) is -0.850. The Bertz CT molecular complexity index is 1130. The summed E-state index contributed by atoms with van der Waals surface area (Å²) in [6, 6.07) is 17.8. The van der Waals surface area contributed by atoms with Gasteiger partial charge in [0.1, 0.15) is 29.7 Å². The van der Waals surface area contributed by atoms with E-state index in [1.165, 1.54) is 6.92 Å². The van der Waals surface area contributed by atoms with Crippen LogP contribution >= 0.6 is 0 Å². The standard InChI is InChI=1S/C25H24F2N2O5/c1-25(23(30)31,34-20-5-3-2-4-6-20)16-17-7-10-19(11-8-17)33-14-13-28-24(32)29-22-12-9-18(26)15-21(22)27/h2-12,15H,13-14,16H2,1H3,(H,30,31)(H2,28,29,32). The third-order valence-corrected chi connectivity index (χ3v) is 4.84. The van der Waals surface area contributed by atoms with Crippen molar-refractivity contribution < 1.29 is 33.0 Å². The van der Waals surface area contributed by atoms with E-state index in [0.717, 1.165) is 17.7 Å². The van der Waals surface area contributed by atoms with E-state index in [0.29, 0.717) is 17.6 Å². The molecule has 0 spiro atoms. The molecular formula is C25H24F2N2O5. The zero-order chi connectivity index (χ0) is 24.6. The number of amides is 2. The maximum atomic E-state index is 13.6. The number of carbonyl (C=O) groups excluding carboxylic acids is 1. The van der Waals surface area contributed by atoms with Crippen molar-refractivity contribution in [3.05, 3.63) is 90.0 Å². The number of urea groups is 1. The van der Waals surface area contributed by atoms with Gasteiger partial charge in [0.05, 0.1) is 12.2 Å². The SMILES string of the molecule is CC(Cc1ccc(OCCNC(=O)Nc2ccc(F)cc2F)cc1)(Oc1ccccc1)C(=O)O. The number of para-hydroxylation sites is 1. The third-order valence-electron chi connectivity index (χ3n) is 4.84. The quantitative estimate of drug-likeness (QED) is 0.376. The molecule has 0 bridgehead atoms. The number of benzene rings is 3. The first kappa shape index (κ1) is 24.5. The Morgan fingerprint density at radius 3 is 2.32 bits per heavy atom. The van der Waals surface area contributed by atoms with E-state index in [4.69, 9.17) is 9.47 Å². The largest absolute Gasteiger partial charge is 0.492 e. The minimum Gasteiger partial charge on any atom is -0.492 e. The first-order valence-electron chi connectivity index (χ1n) is 10.4. The summed E-state index contributed by atoms with van der Waals surface area (Å²) in [5, 5.41) is 14.5. The Hall–Kier alpha value is -4.14. The van der Waals surface area contributed by atoms with Crippen LogP contribution in [-0.2, 0) is 11.2 Å². The van der Waals surface area contributed by atoms with Crippen LogP contribution in [0.1, 0.15) is 12.5 Å². The lowest BCUT2D eigenvalue weighted by atomic mass is 9.96. The molecule has 0 saturated carbocycles. The fourth-order valence-corrected chi connectivity index (χ4v) is 3.09.